The average molecular weight is 1740 g/mol. The zero-order valence-corrected chi connectivity index (χ0v) is 77.9. The van der Waals surface area contributed by atoms with E-state index in [9.17, 15) is 90.0 Å². The number of nitrogens with one attached hydrogen (secondary N) is 2. The molecule has 3 saturated heterocycles. The molecular formula is C96H165N5O22. The largest absolute Gasteiger partial charge is 0.462 e. The fourth-order valence-electron chi connectivity index (χ4n) is 16.6. The molecule has 0 aromatic heterocycles. The molecule has 20 N–H and O–H groups in total. The third-order valence-corrected chi connectivity index (χ3v) is 25.9. The second-order valence-corrected chi connectivity index (χ2v) is 36.6. The molecule has 0 aromatic carbocycles. The molecule has 123 heavy (non-hydrogen) atoms. The van der Waals surface area contributed by atoms with Crippen molar-refractivity contribution in [3.8, 4) is 0 Å². The number of ether oxygens (including phenoxy) is 4. The van der Waals surface area contributed by atoms with E-state index in [2.05, 4.69) is 30.7 Å². The van der Waals surface area contributed by atoms with E-state index in [-0.39, 0.29) is 144 Å². The van der Waals surface area contributed by atoms with E-state index in [1.807, 2.05) is 159 Å². The van der Waals surface area contributed by atoms with Crippen LogP contribution in [0.25, 0.3) is 0 Å². The van der Waals surface area contributed by atoms with Crippen LogP contribution in [0, 0.1) is 124 Å². The van der Waals surface area contributed by atoms with Gasteiger partial charge in [-0.2, -0.15) is 0 Å². The van der Waals surface area contributed by atoms with Gasteiger partial charge in [-0.05, 0) is 75.5 Å². The van der Waals surface area contributed by atoms with E-state index in [0.29, 0.717) is 19.3 Å². The summed E-state index contributed by atoms with van der Waals surface area (Å²) in [4.78, 5) is 70.5. The Hall–Kier alpha value is -6.86. The zero-order valence-electron chi connectivity index (χ0n) is 77.9. The molecule has 27 heteroatoms. The van der Waals surface area contributed by atoms with Crippen LogP contribution < -0.4 is 27.8 Å². The number of aliphatic hydroxyl groups is 12. The lowest BCUT2D eigenvalue weighted by Crippen LogP contribution is -2.56. The molecule has 706 valence electrons. The Bertz CT molecular complexity index is 3220. The van der Waals surface area contributed by atoms with Gasteiger partial charge in [0.15, 0.2) is 0 Å². The van der Waals surface area contributed by atoms with E-state index in [0.717, 1.165) is 19.3 Å². The number of esters is 2. The third kappa shape index (κ3) is 39.1. The number of piperidine rings is 1. The van der Waals surface area contributed by atoms with Crippen molar-refractivity contribution < 1.29 is 109 Å². The predicted molar refractivity (Wildman–Crippen MR) is 482 cm³/mol. The van der Waals surface area contributed by atoms with E-state index in [4.69, 9.17) is 36.1 Å². The fourth-order valence-corrected chi connectivity index (χ4v) is 16.6. The van der Waals surface area contributed by atoms with Gasteiger partial charge in [-0.15, -0.1) is 0 Å². The zero-order chi connectivity index (χ0) is 94.3. The number of hydrogen-bond donors (Lipinski definition) is 17. The lowest BCUT2D eigenvalue weighted by Gasteiger charge is -2.38. The van der Waals surface area contributed by atoms with Crippen LogP contribution in [0.1, 0.15) is 210 Å². The monoisotopic (exact) mass is 1740 g/mol. The van der Waals surface area contributed by atoms with Crippen LogP contribution in [0.2, 0.25) is 0 Å². The van der Waals surface area contributed by atoms with E-state index >= 15 is 0 Å². The van der Waals surface area contributed by atoms with E-state index in [1.54, 1.807) is 95.4 Å². The second kappa shape index (κ2) is 57.8. The third-order valence-electron chi connectivity index (χ3n) is 25.9. The molecule has 0 saturated carbocycles. The normalized spacial score (nSPS) is 28.4. The number of hydrogen-bond acceptors (Lipinski definition) is 22. The number of unbranched alkanes of at least 4 members (excludes halogenated alkanes) is 1. The number of carbonyl (C=O) groups is 6. The van der Waals surface area contributed by atoms with Crippen LogP contribution >= 0.6 is 0 Å². The maximum absolute atomic E-state index is 12.0. The molecule has 3 fully saturated rings. The number of allylic oxidation sites excluding steroid dienone is 7. The lowest BCUT2D eigenvalue weighted by atomic mass is 9.81. The van der Waals surface area contributed by atoms with Crippen LogP contribution in [-0.4, -0.2) is 207 Å². The summed E-state index contributed by atoms with van der Waals surface area (Å²) in [6.07, 6.45) is 24.4. The van der Waals surface area contributed by atoms with Crippen molar-refractivity contribution in [3.05, 3.63) is 123 Å². The molecule has 0 spiro atoms. The lowest BCUT2D eigenvalue weighted by molar-refractivity contribution is -0.180. The topological polar surface area (TPSA) is 484 Å². The highest BCUT2D eigenvalue weighted by Gasteiger charge is 2.44. The number of aliphatic hydroxyl groups excluding tert-OH is 12. The van der Waals surface area contributed by atoms with Crippen LogP contribution in [0.15, 0.2) is 123 Å². The molecule has 0 unspecified atom stereocenters. The number of rotatable bonds is 49. The number of urea groups is 1. The molecule has 0 bridgehead atoms. The van der Waals surface area contributed by atoms with Crippen LogP contribution in [0.5, 0.6) is 0 Å². The van der Waals surface area contributed by atoms with Gasteiger partial charge < -0.3 is 108 Å². The van der Waals surface area contributed by atoms with Gasteiger partial charge in [-0.3, -0.25) is 14.4 Å². The maximum atomic E-state index is 12.0. The first-order valence-electron chi connectivity index (χ1n) is 44.8. The number of carbonyl (C=O) groups excluding carboxylic acids is 6. The summed E-state index contributed by atoms with van der Waals surface area (Å²) in [7, 11) is 0. The number of amides is 5. The molecule has 0 radical (unpaired) electrons. The van der Waals surface area contributed by atoms with Gasteiger partial charge in [-0.1, -0.05) is 274 Å². The highest BCUT2D eigenvalue weighted by Crippen LogP contribution is 2.35. The quantitative estimate of drug-likeness (QED) is 0.0116. The van der Waals surface area contributed by atoms with Crippen molar-refractivity contribution in [2.75, 3.05) is 0 Å². The minimum Gasteiger partial charge on any atom is -0.462 e. The van der Waals surface area contributed by atoms with Crippen molar-refractivity contribution in [3.63, 3.8) is 0 Å². The SMILES string of the molecule is C=C/C=C\[C@H](C)[C@H](NC(N)=O)[C@@H](C)[C@H](O)[C@@H](C)C/C=C\[C@H](C)[C@@H](O)[C@@H](C)/C=C\[C@@H](O)C[C@@H]1OC(=O)[C@H](C)[C@@H](O)[C@H]1C.C=C/C=C\[C@H](C)[C@H](OC(N)=O)[C@@H](C)[C@H](O)[C@@H](C)C/C=C\[C@H](C)[C@@H](O)[C@@H](C)/C=C\[C@@H](O)C[C@@H]1NC(=O)[C@H](C)[C@@H](O)[C@H]1C.CCCC[C@H](C)[C@H](OC(N)=O)[C@@H](C)[C@H](O)[C@@H](C)C/C=C\[C@H](C)[C@@H](O)[C@@H](C)/C=C\[C@@H](O)C[C@@H]1OC(=O)[C@H](C)[C@@H](O)[C@H]1C. The van der Waals surface area contributed by atoms with Crippen LogP contribution in [0.3, 0.4) is 0 Å². The molecule has 3 aliphatic rings. The first kappa shape index (κ1) is 114. The Morgan fingerprint density at radius 1 is 0.431 bits per heavy atom. The maximum Gasteiger partial charge on any atom is 0.404 e. The number of nitrogens with two attached hydrogens (primary N) is 3. The predicted octanol–water partition coefficient (Wildman–Crippen LogP) is 11.3. The first-order valence-corrected chi connectivity index (χ1v) is 44.8. The molecule has 3 heterocycles. The van der Waals surface area contributed by atoms with Gasteiger partial charge in [0.25, 0.3) is 0 Å². The minimum atomic E-state index is -0.886. The molecule has 39 atom stereocenters. The summed E-state index contributed by atoms with van der Waals surface area (Å²) >= 11 is 0. The van der Waals surface area contributed by atoms with Gasteiger partial charge in [0.05, 0.1) is 91.0 Å². The van der Waals surface area contributed by atoms with Gasteiger partial charge in [0.1, 0.15) is 24.4 Å². The number of primary amides is 3. The fraction of sp³-hybridized carbons (Fsp3) is 0.729. The van der Waals surface area contributed by atoms with Crippen molar-refractivity contribution in [2.24, 2.45) is 141 Å². The van der Waals surface area contributed by atoms with Crippen molar-refractivity contribution in [1.82, 2.24) is 10.6 Å². The summed E-state index contributed by atoms with van der Waals surface area (Å²) < 4.78 is 21.5. The molecular weight excluding hydrogens is 1580 g/mol. The van der Waals surface area contributed by atoms with Crippen LogP contribution in [-0.2, 0) is 33.3 Å². The van der Waals surface area contributed by atoms with Crippen molar-refractivity contribution in [2.45, 2.75) is 320 Å². The molecule has 3 rings (SSSR count). The summed E-state index contributed by atoms with van der Waals surface area (Å²) in [6, 6.07) is -1.32. The summed E-state index contributed by atoms with van der Waals surface area (Å²) in [5.41, 5.74) is 16.0. The van der Waals surface area contributed by atoms with Crippen LogP contribution in [0.4, 0.5) is 14.4 Å². The summed E-state index contributed by atoms with van der Waals surface area (Å²) in [5, 5.41) is 133. The Kier molecular flexibility index (Phi) is 53.6. The highest BCUT2D eigenvalue weighted by atomic mass is 16.6. The molecule has 0 aromatic rings. The molecule has 0 aliphatic carbocycles. The Labute approximate surface area is 736 Å². The Morgan fingerprint density at radius 3 is 1.12 bits per heavy atom. The summed E-state index contributed by atoms with van der Waals surface area (Å²) in [6.45, 7) is 48.4. The van der Waals surface area contributed by atoms with E-state index < -0.39 is 146 Å². The van der Waals surface area contributed by atoms with E-state index in [1.165, 1.54) is 0 Å². The molecule has 3 aliphatic heterocycles. The minimum absolute atomic E-state index is 0.0625. The van der Waals surface area contributed by atoms with Crippen molar-refractivity contribution >= 4 is 36.1 Å². The first-order chi connectivity index (χ1) is 57.3. The Balaban J connectivity index is 0.000000922. The van der Waals surface area contributed by atoms with Gasteiger partial charge >= 0.3 is 30.2 Å². The average Bonchev–Trinajstić information content (AvgIpc) is 0.826. The number of cyclic esters (lactones) is 2. The summed E-state index contributed by atoms with van der Waals surface area (Å²) in [5.74, 6) is -6.25. The van der Waals surface area contributed by atoms with Gasteiger partial charge in [-0.25, -0.2) is 14.4 Å². The second-order valence-electron chi connectivity index (χ2n) is 36.6. The van der Waals surface area contributed by atoms with Gasteiger partial charge in [0, 0.05) is 102 Å². The van der Waals surface area contributed by atoms with Gasteiger partial charge in [0.2, 0.25) is 5.91 Å². The molecule has 27 nitrogen and oxygen atoms in total. The Morgan fingerprint density at radius 2 is 0.764 bits per heavy atom. The van der Waals surface area contributed by atoms with Crippen molar-refractivity contribution in [1.29, 1.82) is 0 Å². The highest BCUT2D eigenvalue weighted by molar-refractivity contribution is 5.80. The smallest absolute Gasteiger partial charge is 0.404 e. The standard InChI is InChI=1S/2C32H54N2O7.C32H57NO8/c1-9-10-12-21(5)30(41-32(33)40)23(7)28(37)19(3)14-11-13-18(2)27(36)20(4)15-16-25(35)17-26-22(6)29(38)24(8)31(39)34-26;1-9-10-12-18(2)27(34-32(33)40)23(7)29(37)20(4)14-11-13-19(3)28(36)21(5)15-16-25(35)17-26-22(6)30(38)24(8)31(39)41-26;1-9-10-12-21(5)30(41-32(33)39)23(7)28(36)19(3)14-11-13-18(2)27(35)20(4)15-16-25(34)17-26-22(6)29(37)24(8)31(38)40-26/h9-13,15-16,18-30,35-38H,1,14,17H2,2-8H3,(H2,33,40)(H,34,39);9-13,15-16,18-30,35-38H,1,14,17H2,2-8H3,(H3,33,34,40);11,13,15-16,18-30,34-37H,9-10,12,14,17H2,1-8H3,(H2,33,39)/b2*12-10-,13-11-,16-15-;13-11-,16-15-/t18-,19-,20-,21-,22-,23-,24+,25+,26-,27+,28+,29-,30-;18-,19-,20-,21-,22-,23+,24+,25+,26-,27-,28+,29+,30-;18-,19-,20-,21-,22-,23-,24+,25+,26-,27+,28+,29-,30-/m000/s1. The molecule has 5 amide bonds.